The van der Waals surface area contributed by atoms with Gasteiger partial charge in [-0.05, 0) is 82.3 Å². The lowest BCUT2D eigenvalue weighted by molar-refractivity contribution is 0.172. The minimum atomic E-state index is 0.365. The van der Waals surface area contributed by atoms with E-state index in [4.69, 9.17) is 18.9 Å². The van der Waals surface area contributed by atoms with E-state index < -0.39 is 0 Å². The number of nitrogens with one attached hydrogen (secondary N) is 1. The van der Waals surface area contributed by atoms with E-state index in [9.17, 15) is 0 Å². The molecule has 0 aliphatic carbocycles. The molecule has 8 heteroatoms. The number of hydrogen-bond donors (Lipinski definition) is 1. The van der Waals surface area contributed by atoms with Crippen LogP contribution in [0.15, 0.2) is 36.7 Å². The van der Waals surface area contributed by atoms with Gasteiger partial charge < -0.3 is 29.2 Å². The number of likely N-dealkylation sites (tertiary alicyclic amines) is 1. The zero-order valence-corrected chi connectivity index (χ0v) is 24.3. The van der Waals surface area contributed by atoms with Gasteiger partial charge in [0, 0.05) is 23.2 Å². The van der Waals surface area contributed by atoms with E-state index in [-0.39, 0.29) is 0 Å². The van der Waals surface area contributed by atoms with Gasteiger partial charge in [0.25, 0.3) is 0 Å². The number of piperidine rings is 1. The summed E-state index contributed by atoms with van der Waals surface area (Å²) >= 11 is 0. The first-order chi connectivity index (χ1) is 18.9. The molecule has 0 amide bonds. The molecule has 1 aliphatic rings. The van der Waals surface area contributed by atoms with E-state index in [0.29, 0.717) is 30.3 Å². The van der Waals surface area contributed by atoms with Crippen LogP contribution < -0.4 is 24.3 Å². The summed E-state index contributed by atoms with van der Waals surface area (Å²) in [5.74, 6) is 3.98. The van der Waals surface area contributed by atoms with Gasteiger partial charge in [-0.3, -0.25) is 0 Å². The number of rotatable bonds is 11. The molecule has 210 valence electrons. The molecular weight excluding hydrogens is 492 g/mol. The molecule has 1 aromatic heterocycles. The van der Waals surface area contributed by atoms with Crippen LogP contribution in [0.4, 0.5) is 11.6 Å². The number of hydrogen-bond acceptors (Lipinski definition) is 8. The second-order valence-electron chi connectivity index (χ2n) is 10.2. The summed E-state index contributed by atoms with van der Waals surface area (Å²) in [6.45, 7) is 11.3. The average molecular weight is 535 g/mol. The predicted molar refractivity (Wildman–Crippen MR) is 155 cm³/mol. The maximum atomic E-state index is 6.08. The minimum absolute atomic E-state index is 0.365. The molecule has 0 spiro atoms. The van der Waals surface area contributed by atoms with Gasteiger partial charge in [-0.2, -0.15) is 0 Å². The van der Waals surface area contributed by atoms with Gasteiger partial charge in [0.05, 0.1) is 39.4 Å². The van der Waals surface area contributed by atoms with Crippen LogP contribution >= 0.6 is 0 Å². The first kappa shape index (κ1) is 28.5. The molecule has 0 radical (unpaired) electrons. The van der Waals surface area contributed by atoms with Gasteiger partial charge in [0.2, 0.25) is 5.95 Å². The van der Waals surface area contributed by atoms with Crippen molar-refractivity contribution >= 4 is 11.6 Å². The Balaban J connectivity index is 1.42. The Morgan fingerprint density at radius 1 is 0.923 bits per heavy atom. The highest BCUT2D eigenvalue weighted by Crippen LogP contribution is 2.36. The Hall–Kier alpha value is -3.52. The Labute approximate surface area is 232 Å². The Bertz CT molecular complexity index is 1240. The fourth-order valence-corrected chi connectivity index (χ4v) is 5.36. The number of anilines is 2. The van der Waals surface area contributed by atoms with Crippen molar-refractivity contribution in [2.24, 2.45) is 0 Å². The van der Waals surface area contributed by atoms with Gasteiger partial charge in [0.1, 0.15) is 23.9 Å². The maximum absolute atomic E-state index is 6.08. The van der Waals surface area contributed by atoms with Gasteiger partial charge in [-0.25, -0.2) is 9.97 Å². The Morgan fingerprint density at radius 2 is 1.59 bits per heavy atom. The highest BCUT2D eigenvalue weighted by molar-refractivity contribution is 5.63. The third-order valence-corrected chi connectivity index (χ3v) is 7.75. The molecule has 1 saturated heterocycles. The van der Waals surface area contributed by atoms with Gasteiger partial charge in [0.15, 0.2) is 5.75 Å². The fourth-order valence-electron chi connectivity index (χ4n) is 5.36. The topological polar surface area (TPSA) is 78.0 Å². The molecule has 3 aromatic rings. The molecule has 0 saturated carbocycles. The number of benzene rings is 2. The summed E-state index contributed by atoms with van der Waals surface area (Å²) in [6.07, 6.45) is 6.51. The zero-order chi connectivity index (χ0) is 27.9. The lowest BCUT2D eigenvalue weighted by Crippen LogP contribution is -2.37. The van der Waals surface area contributed by atoms with E-state index in [2.05, 4.69) is 59.2 Å². The van der Waals surface area contributed by atoms with E-state index in [1.165, 1.54) is 18.4 Å². The van der Waals surface area contributed by atoms with Crippen molar-refractivity contribution in [1.29, 1.82) is 0 Å². The van der Waals surface area contributed by atoms with Crippen molar-refractivity contribution in [1.82, 2.24) is 14.9 Å². The molecule has 4 rings (SSSR count). The van der Waals surface area contributed by atoms with Crippen LogP contribution in [0.2, 0.25) is 0 Å². The molecule has 1 fully saturated rings. The monoisotopic (exact) mass is 534 g/mol. The van der Waals surface area contributed by atoms with Crippen molar-refractivity contribution in [3.8, 4) is 23.0 Å². The quantitative estimate of drug-likeness (QED) is 0.308. The predicted octanol–water partition coefficient (Wildman–Crippen LogP) is 6.28. The van der Waals surface area contributed by atoms with E-state index in [1.807, 2.05) is 13.0 Å². The van der Waals surface area contributed by atoms with Crippen molar-refractivity contribution < 1.29 is 18.9 Å². The van der Waals surface area contributed by atoms with Gasteiger partial charge in [-0.1, -0.05) is 13.0 Å². The largest absolute Gasteiger partial charge is 0.496 e. The van der Waals surface area contributed by atoms with Crippen LogP contribution in [0.3, 0.4) is 0 Å². The molecule has 1 aliphatic heterocycles. The summed E-state index contributed by atoms with van der Waals surface area (Å²) in [5.41, 5.74) is 5.35. The molecule has 0 unspecified atom stereocenters. The van der Waals surface area contributed by atoms with E-state index in [0.717, 1.165) is 59.1 Å². The first-order valence-electron chi connectivity index (χ1n) is 13.8. The highest BCUT2D eigenvalue weighted by atomic mass is 16.5. The van der Waals surface area contributed by atoms with Gasteiger partial charge in [-0.15, -0.1) is 0 Å². The van der Waals surface area contributed by atoms with Crippen LogP contribution in [0.25, 0.3) is 0 Å². The molecule has 39 heavy (non-hydrogen) atoms. The Morgan fingerprint density at radius 3 is 2.18 bits per heavy atom. The zero-order valence-electron chi connectivity index (χ0n) is 24.3. The van der Waals surface area contributed by atoms with Gasteiger partial charge >= 0.3 is 0 Å². The summed E-state index contributed by atoms with van der Waals surface area (Å²) in [7, 11) is 5.03. The third-order valence-electron chi connectivity index (χ3n) is 7.75. The van der Waals surface area contributed by atoms with E-state index >= 15 is 0 Å². The average Bonchev–Trinajstić information content (AvgIpc) is 2.97. The van der Waals surface area contributed by atoms with Crippen molar-refractivity contribution in [3.05, 3.63) is 58.9 Å². The Kier molecular flexibility index (Phi) is 9.51. The molecule has 0 bridgehead atoms. The molecule has 1 N–H and O–H groups in total. The number of nitrogens with zero attached hydrogens (tertiary/aromatic N) is 3. The summed E-state index contributed by atoms with van der Waals surface area (Å²) in [5, 5.41) is 3.29. The van der Waals surface area contributed by atoms with Crippen LogP contribution in [0.1, 0.15) is 61.8 Å². The molecule has 2 aromatic carbocycles. The minimum Gasteiger partial charge on any atom is -0.496 e. The lowest BCUT2D eigenvalue weighted by atomic mass is 9.88. The van der Waals surface area contributed by atoms with Crippen LogP contribution in [-0.4, -0.2) is 55.3 Å². The molecule has 8 nitrogen and oxygen atoms in total. The normalized spacial score (nSPS) is 14.4. The second-order valence-corrected chi connectivity index (χ2v) is 10.2. The summed E-state index contributed by atoms with van der Waals surface area (Å²) in [6, 6.07) is 8.92. The van der Waals surface area contributed by atoms with Crippen molar-refractivity contribution in [3.63, 3.8) is 0 Å². The van der Waals surface area contributed by atoms with Crippen LogP contribution in [0, 0.1) is 6.92 Å². The highest BCUT2D eigenvalue weighted by Gasteiger charge is 2.23. The number of ether oxygens (including phenoxy) is 4. The van der Waals surface area contributed by atoms with Crippen molar-refractivity contribution in [2.45, 2.75) is 65.5 Å². The second kappa shape index (κ2) is 13.0. The van der Waals surface area contributed by atoms with E-state index in [1.54, 1.807) is 33.7 Å². The molecule has 2 heterocycles. The standard InChI is InChI=1S/C31H42N4O4/c1-8-25-26(21(4)28(36-5)16-29(25)37-6)19-39-24-17-32-31(33-18-24)34-27-10-9-23(15-30(27)38-7)22-11-13-35(14-12-22)20(2)3/h9-10,15-18,20,22H,8,11-14,19H2,1-7H3,(H,32,33,34). The van der Waals surface area contributed by atoms with Crippen LogP contribution in [-0.2, 0) is 13.0 Å². The fraction of sp³-hybridized carbons (Fsp3) is 0.484. The number of methoxy groups -OCH3 is 3. The summed E-state index contributed by atoms with van der Waals surface area (Å²) in [4.78, 5) is 11.5. The molecular formula is C31H42N4O4. The number of aromatic nitrogens is 2. The smallest absolute Gasteiger partial charge is 0.227 e. The van der Waals surface area contributed by atoms with Crippen LogP contribution in [0.5, 0.6) is 23.0 Å². The first-order valence-corrected chi connectivity index (χ1v) is 13.8. The summed E-state index contributed by atoms with van der Waals surface area (Å²) < 4.78 is 22.9. The maximum Gasteiger partial charge on any atom is 0.227 e. The third kappa shape index (κ3) is 6.56. The lowest BCUT2D eigenvalue weighted by Gasteiger charge is -2.35. The molecule has 0 atom stereocenters. The SMILES string of the molecule is CCc1c(OC)cc(OC)c(C)c1COc1cnc(Nc2ccc(C3CCN(C(C)C)CC3)cc2OC)nc1. The van der Waals surface area contributed by atoms with Crippen molar-refractivity contribution in [2.75, 3.05) is 39.7 Å².